The van der Waals surface area contributed by atoms with Crippen LogP contribution in [0.4, 0.5) is 0 Å². The van der Waals surface area contributed by atoms with Gasteiger partial charge in [0, 0.05) is 17.3 Å². The Kier molecular flexibility index (Phi) is 5.85. The third kappa shape index (κ3) is 3.80. The maximum atomic E-state index is 11.2. The molecule has 1 rings (SSSR count). The Balaban J connectivity index is 2.88. The number of ether oxygens (including phenoxy) is 1. The largest absolute Gasteiger partial charge is 0.494 e. The number of halogens is 2. The lowest BCUT2D eigenvalue weighted by molar-refractivity contribution is -0.116. The van der Waals surface area contributed by atoms with Gasteiger partial charge in [-0.25, -0.2) is 0 Å². The molecule has 0 spiro atoms. The lowest BCUT2D eigenvalue weighted by Crippen LogP contribution is -2.04. The van der Waals surface area contributed by atoms with Gasteiger partial charge in [0.1, 0.15) is 5.75 Å². The molecule has 88 valence electrons. The minimum Gasteiger partial charge on any atom is -0.494 e. The smallest absolute Gasteiger partial charge is 0.151 e. The van der Waals surface area contributed by atoms with Gasteiger partial charge in [-0.05, 0) is 18.6 Å². The number of alkyl halides is 2. The Hall–Kier alpha value is -0.540. The highest BCUT2D eigenvalue weighted by Crippen LogP contribution is 2.23. The van der Waals surface area contributed by atoms with Crippen molar-refractivity contribution in [2.24, 2.45) is 0 Å². The summed E-state index contributed by atoms with van der Waals surface area (Å²) >= 11 is 8.87. The summed E-state index contributed by atoms with van der Waals surface area (Å²) in [5.74, 6) is 0.916. The molecule has 0 N–H and O–H groups in total. The van der Waals surface area contributed by atoms with Crippen LogP contribution in [0.15, 0.2) is 18.2 Å². The minimum atomic E-state index is 0.0238. The van der Waals surface area contributed by atoms with Gasteiger partial charge in [-0.2, -0.15) is 0 Å². The molecule has 0 radical (unpaired) electrons. The summed E-state index contributed by atoms with van der Waals surface area (Å²) in [4.78, 5) is 11.2. The van der Waals surface area contributed by atoms with Crippen LogP contribution in [0, 0.1) is 0 Å². The average molecular weight is 306 g/mol. The van der Waals surface area contributed by atoms with Crippen LogP contribution in [-0.2, 0) is 16.5 Å². The van der Waals surface area contributed by atoms with E-state index >= 15 is 0 Å². The Morgan fingerprint density at radius 1 is 1.50 bits per heavy atom. The van der Waals surface area contributed by atoms with Crippen molar-refractivity contribution in [3.63, 3.8) is 0 Å². The monoisotopic (exact) mass is 304 g/mol. The fraction of sp³-hybridized carbons (Fsp3) is 0.417. The van der Waals surface area contributed by atoms with Gasteiger partial charge >= 0.3 is 0 Å². The second kappa shape index (κ2) is 6.92. The second-order valence-electron chi connectivity index (χ2n) is 3.36. The molecule has 0 heterocycles. The first-order valence-corrected chi connectivity index (χ1v) is 6.75. The fourth-order valence-corrected chi connectivity index (χ4v) is 1.94. The first-order chi connectivity index (χ1) is 7.71. The normalized spacial score (nSPS) is 10.2. The van der Waals surface area contributed by atoms with Gasteiger partial charge in [0.25, 0.3) is 0 Å². The quantitative estimate of drug-likeness (QED) is 0.754. The summed E-state index contributed by atoms with van der Waals surface area (Å²) in [5, 5.41) is 0.742. The lowest BCUT2D eigenvalue weighted by Gasteiger charge is -2.10. The van der Waals surface area contributed by atoms with Crippen LogP contribution in [0.25, 0.3) is 0 Å². The van der Waals surface area contributed by atoms with E-state index in [9.17, 15) is 4.79 Å². The summed E-state index contributed by atoms with van der Waals surface area (Å²) in [6, 6.07) is 5.81. The molecule has 0 amide bonds. The number of carbonyl (C=O) groups is 1. The van der Waals surface area contributed by atoms with E-state index in [1.165, 1.54) is 0 Å². The van der Waals surface area contributed by atoms with Gasteiger partial charge in [0.15, 0.2) is 5.78 Å². The van der Waals surface area contributed by atoms with Gasteiger partial charge in [0.05, 0.1) is 12.5 Å². The Morgan fingerprint density at radius 2 is 2.25 bits per heavy atom. The lowest BCUT2D eigenvalue weighted by atomic mass is 10.1. The molecule has 0 unspecified atom stereocenters. The average Bonchev–Trinajstić information content (AvgIpc) is 2.30. The minimum absolute atomic E-state index is 0.0238. The van der Waals surface area contributed by atoms with E-state index < -0.39 is 0 Å². The molecule has 0 atom stereocenters. The van der Waals surface area contributed by atoms with Crippen molar-refractivity contribution in [2.45, 2.75) is 18.7 Å². The summed E-state index contributed by atoms with van der Waals surface area (Å²) in [7, 11) is 0. The molecule has 0 saturated heterocycles. The molecule has 4 heteroatoms. The van der Waals surface area contributed by atoms with Gasteiger partial charge < -0.3 is 4.74 Å². The summed E-state index contributed by atoms with van der Waals surface area (Å²) < 4.78 is 5.51. The van der Waals surface area contributed by atoms with Crippen LogP contribution in [0.1, 0.15) is 18.1 Å². The van der Waals surface area contributed by atoms with Crippen molar-refractivity contribution in [1.29, 1.82) is 0 Å². The third-order valence-electron chi connectivity index (χ3n) is 2.13. The van der Waals surface area contributed by atoms with Crippen molar-refractivity contribution in [2.75, 3.05) is 12.5 Å². The molecule has 16 heavy (non-hydrogen) atoms. The summed E-state index contributed by atoms with van der Waals surface area (Å²) in [5.41, 5.74) is 2.03. The van der Waals surface area contributed by atoms with E-state index in [0.29, 0.717) is 13.0 Å². The first kappa shape index (κ1) is 13.5. The summed E-state index contributed by atoms with van der Waals surface area (Å²) in [6.07, 6.45) is 0.367. The fourth-order valence-electron chi connectivity index (χ4n) is 1.38. The van der Waals surface area contributed by atoms with Gasteiger partial charge in [-0.3, -0.25) is 4.79 Å². The molecule has 0 aliphatic carbocycles. The standard InChI is InChI=1S/C12H14BrClO2/c1-2-16-12-6-9(5-11(15)8-14)3-4-10(12)7-13/h3-4,6H,2,5,7-8H2,1H3. The summed E-state index contributed by atoms with van der Waals surface area (Å²) in [6.45, 7) is 2.56. The molecular weight excluding hydrogens is 291 g/mol. The zero-order valence-electron chi connectivity index (χ0n) is 9.13. The number of ketones is 1. The van der Waals surface area contributed by atoms with Crippen molar-refractivity contribution >= 4 is 33.3 Å². The maximum Gasteiger partial charge on any atom is 0.151 e. The Bertz CT molecular complexity index is 366. The molecule has 0 aromatic heterocycles. The topological polar surface area (TPSA) is 26.3 Å². The van der Waals surface area contributed by atoms with Crippen LogP contribution in [0.3, 0.4) is 0 Å². The van der Waals surface area contributed by atoms with E-state index in [2.05, 4.69) is 15.9 Å². The van der Waals surface area contributed by atoms with Crippen molar-refractivity contribution in [1.82, 2.24) is 0 Å². The number of Topliss-reactive ketones (excluding diaryl/α,β-unsaturated/α-hetero) is 1. The van der Waals surface area contributed by atoms with Crippen LogP contribution in [0.5, 0.6) is 5.75 Å². The molecule has 2 nitrogen and oxygen atoms in total. The molecule has 1 aromatic carbocycles. The Morgan fingerprint density at radius 3 is 2.81 bits per heavy atom. The van der Waals surface area contributed by atoms with Crippen molar-refractivity contribution in [3.8, 4) is 5.75 Å². The number of rotatable bonds is 6. The zero-order chi connectivity index (χ0) is 12.0. The highest BCUT2D eigenvalue weighted by atomic mass is 79.9. The molecule has 0 saturated carbocycles. The van der Waals surface area contributed by atoms with Crippen LogP contribution >= 0.6 is 27.5 Å². The van der Waals surface area contributed by atoms with E-state index in [1.54, 1.807) is 0 Å². The molecule has 0 aliphatic rings. The highest BCUT2D eigenvalue weighted by molar-refractivity contribution is 9.08. The molecule has 0 fully saturated rings. The molecule has 1 aromatic rings. The maximum absolute atomic E-state index is 11.2. The van der Waals surface area contributed by atoms with E-state index in [0.717, 1.165) is 22.2 Å². The van der Waals surface area contributed by atoms with E-state index in [-0.39, 0.29) is 11.7 Å². The van der Waals surface area contributed by atoms with E-state index in [1.807, 2.05) is 25.1 Å². The van der Waals surface area contributed by atoms with Crippen molar-refractivity contribution in [3.05, 3.63) is 29.3 Å². The number of carbonyl (C=O) groups excluding carboxylic acids is 1. The molecular formula is C12H14BrClO2. The van der Waals surface area contributed by atoms with E-state index in [4.69, 9.17) is 16.3 Å². The van der Waals surface area contributed by atoms with Crippen LogP contribution in [0.2, 0.25) is 0 Å². The zero-order valence-corrected chi connectivity index (χ0v) is 11.5. The Labute approximate surface area is 109 Å². The van der Waals surface area contributed by atoms with Gasteiger partial charge in [-0.15, -0.1) is 11.6 Å². The van der Waals surface area contributed by atoms with Gasteiger partial charge in [0.2, 0.25) is 0 Å². The number of hydrogen-bond donors (Lipinski definition) is 0. The second-order valence-corrected chi connectivity index (χ2v) is 4.19. The number of benzene rings is 1. The predicted molar refractivity (Wildman–Crippen MR) is 69.7 cm³/mol. The van der Waals surface area contributed by atoms with Crippen LogP contribution in [-0.4, -0.2) is 18.3 Å². The van der Waals surface area contributed by atoms with Crippen LogP contribution < -0.4 is 4.74 Å². The SMILES string of the molecule is CCOc1cc(CC(=O)CCl)ccc1CBr. The first-order valence-electron chi connectivity index (χ1n) is 5.09. The molecule has 0 aliphatic heterocycles. The highest BCUT2D eigenvalue weighted by Gasteiger charge is 2.07. The third-order valence-corrected chi connectivity index (χ3v) is 3.03. The van der Waals surface area contributed by atoms with Crippen molar-refractivity contribution < 1.29 is 9.53 Å². The number of hydrogen-bond acceptors (Lipinski definition) is 2. The predicted octanol–water partition coefficient (Wildman–Crippen LogP) is 3.33. The van der Waals surface area contributed by atoms with Gasteiger partial charge in [-0.1, -0.05) is 28.1 Å². The molecule has 0 bridgehead atoms.